The van der Waals surface area contributed by atoms with Gasteiger partial charge < -0.3 is 14.0 Å². The zero-order chi connectivity index (χ0) is 45.0. The van der Waals surface area contributed by atoms with Crippen molar-refractivity contribution in [2.24, 2.45) is 0 Å². The van der Waals surface area contributed by atoms with Crippen molar-refractivity contribution >= 4 is 22.1 Å². The first-order valence-corrected chi connectivity index (χ1v) is 27.5. The molecule has 0 N–H and O–H groups in total. The Balaban J connectivity index is 0.0000384. The first-order chi connectivity index (χ1) is 30.3. The average molecular weight is 909 g/mol. The number of hydrogen-bond donors (Lipinski definition) is 0. The number of hydrogen-bond acceptors (Lipinski definition) is 7. The maximum absolute atomic E-state index is 13.0. The van der Waals surface area contributed by atoms with Gasteiger partial charge >= 0.3 is 41.5 Å². The zero-order valence-electron chi connectivity index (χ0n) is 41.1. The van der Waals surface area contributed by atoms with Crippen molar-refractivity contribution in [2.75, 3.05) is 13.2 Å². The third-order valence-electron chi connectivity index (χ3n) is 12.0. The maximum Gasteiger partial charge on any atom is 1.00 e. The third-order valence-corrected chi connectivity index (χ3v) is 12.8. The van der Waals surface area contributed by atoms with E-state index in [4.69, 9.17) is 9.47 Å². The van der Waals surface area contributed by atoms with Gasteiger partial charge in [0.15, 0.2) is 0 Å². The standard InChI is InChI=1S/C54H94O7S.Na/c1-3-5-7-9-11-13-15-17-19-21-23-25-27-29-31-33-35-37-39-41-43-47-60-53(55)51-46-45-50(62(57,58)59)49-52(51)54(56)61-48-44-42-40-38-36-34-32-30-28-26-24-22-20-18-16-14-12-10-8-6-4-2;/h17-20,45-46,49H,3-16,21-44,47-48H2,1-2H3,(H,57,58,59);/q;+1/p-1/b19-17+,20-18+;. The number of unbranched alkanes of at least 4 members (excludes halogenated alkanes) is 34. The van der Waals surface area contributed by atoms with Crippen LogP contribution in [0.1, 0.15) is 279 Å². The fourth-order valence-electron chi connectivity index (χ4n) is 7.98. The van der Waals surface area contributed by atoms with Crippen molar-refractivity contribution in [2.45, 2.75) is 263 Å². The Morgan fingerprint density at radius 3 is 1.00 bits per heavy atom. The van der Waals surface area contributed by atoms with E-state index in [2.05, 4.69) is 38.2 Å². The quantitative estimate of drug-likeness (QED) is 0.0211. The summed E-state index contributed by atoms with van der Waals surface area (Å²) in [7, 11) is -4.82. The minimum atomic E-state index is -4.82. The van der Waals surface area contributed by atoms with Gasteiger partial charge in [0.25, 0.3) is 0 Å². The summed E-state index contributed by atoms with van der Waals surface area (Å²) < 4.78 is 46.0. The maximum atomic E-state index is 13.0. The second-order valence-corrected chi connectivity index (χ2v) is 19.2. The smallest absolute Gasteiger partial charge is 0.744 e. The molecule has 0 saturated heterocycles. The molecule has 1 rings (SSSR count). The van der Waals surface area contributed by atoms with E-state index in [0.29, 0.717) is 12.8 Å². The molecule has 0 spiro atoms. The molecule has 0 aliphatic carbocycles. The molecule has 7 nitrogen and oxygen atoms in total. The van der Waals surface area contributed by atoms with Crippen molar-refractivity contribution in [3.63, 3.8) is 0 Å². The molecule has 0 fully saturated rings. The molecule has 0 aliphatic heterocycles. The van der Waals surface area contributed by atoms with E-state index < -0.39 is 27.0 Å². The first-order valence-electron chi connectivity index (χ1n) is 26.0. The summed E-state index contributed by atoms with van der Waals surface area (Å²) in [5, 5.41) is 0. The molecule has 1 aromatic carbocycles. The molecule has 0 heterocycles. The van der Waals surface area contributed by atoms with Crippen LogP contribution in [0.5, 0.6) is 0 Å². The molecule has 0 atom stereocenters. The summed E-state index contributed by atoms with van der Waals surface area (Å²) in [6.07, 6.45) is 56.5. The number of carbonyl (C=O) groups excluding carboxylic acids is 2. The van der Waals surface area contributed by atoms with Gasteiger partial charge in [-0.05, 0) is 82.4 Å². The van der Waals surface area contributed by atoms with Gasteiger partial charge in [0.1, 0.15) is 10.1 Å². The molecule has 358 valence electrons. The monoisotopic (exact) mass is 909 g/mol. The number of ether oxygens (including phenoxy) is 2. The van der Waals surface area contributed by atoms with E-state index in [1.165, 1.54) is 199 Å². The summed E-state index contributed by atoms with van der Waals surface area (Å²) in [4.78, 5) is 25.4. The van der Waals surface area contributed by atoms with E-state index in [-0.39, 0.29) is 53.9 Å². The van der Waals surface area contributed by atoms with Crippen LogP contribution in [0, 0.1) is 0 Å². The largest absolute Gasteiger partial charge is 1.00 e. The minimum Gasteiger partial charge on any atom is -0.744 e. The van der Waals surface area contributed by atoms with Crippen LogP contribution in [0.25, 0.3) is 0 Å². The van der Waals surface area contributed by atoms with Gasteiger partial charge in [0.05, 0.1) is 29.2 Å². The van der Waals surface area contributed by atoms with Crippen molar-refractivity contribution in [3.05, 3.63) is 53.6 Å². The van der Waals surface area contributed by atoms with Crippen LogP contribution in [-0.4, -0.2) is 38.1 Å². The van der Waals surface area contributed by atoms with E-state index in [1.54, 1.807) is 0 Å². The number of benzene rings is 1. The Kier molecular flexibility index (Phi) is 44.6. The SMILES string of the molecule is CCCCCCCC/C=C/CCCCCCCCCCCCCOC(=O)c1ccc(S(=O)(=O)[O-])cc1C(=O)OCCCCCCCCCCCCC/C=C/CCCCCCCC.[Na+]. The zero-order valence-corrected chi connectivity index (χ0v) is 43.9. The fraction of sp³-hybridized carbons (Fsp3) is 0.778. The summed E-state index contributed by atoms with van der Waals surface area (Å²) in [5.74, 6) is -1.54. The summed E-state index contributed by atoms with van der Waals surface area (Å²) in [6, 6.07) is 3.16. The molecule has 1 aromatic rings. The molecule has 0 amide bonds. The van der Waals surface area contributed by atoms with Gasteiger partial charge in [-0.15, -0.1) is 0 Å². The van der Waals surface area contributed by atoms with Gasteiger partial charge in [-0.2, -0.15) is 0 Å². The topological polar surface area (TPSA) is 110 Å². The number of rotatable bonds is 45. The predicted molar refractivity (Wildman–Crippen MR) is 260 cm³/mol. The van der Waals surface area contributed by atoms with Crippen LogP contribution in [0.3, 0.4) is 0 Å². The van der Waals surface area contributed by atoms with Crippen LogP contribution in [0.15, 0.2) is 47.4 Å². The number of esters is 2. The second kappa shape index (κ2) is 45.7. The molecule has 63 heavy (non-hydrogen) atoms. The molecular weight excluding hydrogens is 816 g/mol. The molecule has 0 bridgehead atoms. The van der Waals surface area contributed by atoms with Gasteiger partial charge in [-0.3, -0.25) is 0 Å². The molecule has 0 aliphatic rings. The molecule has 0 unspecified atom stereocenters. The van der Waals surface area contributed by atoms with Gasteiger partial charge in [-0.25, -0.2) is 18.0 Å². The molecular formula is C54H93NaO7S. The number of allylic oxidation sites excluding steroid dienone is 4. The van der Waals surface area contributed by atoms with Gasteiger partial charge in [-0.1, -0.05) is 218 Å². The van der Waals surface area contributed by atoms with E-state index in [0.717, 1.165) is 50.7 Å². The second-order valence-electron chi connectivity index (χ2n) is 17.8. The van der Waals surface area contributed by atoms with Crippen molar-refractivity contribution in [1.29, 1.82) is 0 Å². The molecule has 0 radical (unpaired) electrons. The van der Waals surface area contributed by atoms with Crippen molar-refractivity contribution < 1.29 is 61.6 Å². The Morgan fingerprint density at radius 2 is 0.698 bits per heavy atom. The first kappa shape index (κ1) is 61.5. The van der Waals surface area contributed by atoms with Crippen LogP contribution < -0.4 is 29.6 Å². The third kappa shape index (κ3) is 38.4. The molecule has 9 heteroatoms. The average Bonchev–Trinajstić information content (AvgIpc) is 3.26. The van der Waals surface area contributed by atoms with Crippen LogP contribution >= 0.6 is 0 Å². The number of carbonyl (C=O) groups is 2. The van der Waals surface area contributed by atoms with Crippen LogP contribution in [0.2, 0.25) is 0 Å². The van der Waals surface area contributed by atoms with E-state index in [9.17, 15) is 22.6 Å². The van der Waals surface area contributed by atoms with Gasteiger partial charge in [0, 0.05) is 0 Å². The molecule has 0 aromatic heterocycles. The summed E-state index contributed by atoms with van der Waals surface area (Å²) >= 11 is 0. The normalized spacial score (nSPS) is 11.7. The predicted octanol–water partition coefficient (Wildman–Crippen LogP) is 13.9. The molecule has 0 saturated carbocycles. The van der Waals surface area contributed by atoms with Crippen LogP contribution in [-0.2, 0) is 19.6 Å². The summed E-state index contributed by atoms with van der Waals surface area (Å²) in [5.41, 5.74) is -0.333. The van der Waals surface area contributed by atoms with E-state index >= 15 is 0 Å². The van der Waals surface area contributed by atoms with Crippen molar-refractivity contribution in [1.82, 2.24) is 0 Å². The van der Waals surface area contributed by atoms with Crippen molar-refractivity contribution in [3.8, 4) is 0 Å². The van der Waals surface area contributed by atoms with E-state index in [1.807, 2.05) is 0 Å². The van der Waals surface area contributed by atoms with Crippen LogP contribution in [0.4, 0.5) is 0 Å². The minimum absolute atomic E-state index is 0. The Morgan fingerprint density at radius 1 is 0.429 bits per heavy atom. The van der Waals surface area contributed by atoms with Gasteiger partial charge in [0.2, 0.25) is 0 Å². The Hall–Kier alpha value is -1.45. The fourth-order valence-corrected chi connectivity index (χ4v) is 8.47. The Bertz CT molecular complexity index is 1380. The Labute approximate surface area is 410 Å². The summed E-state index contributed by atoms with van der Waals surface area (Å²) in [6.45, 7) is 4.90.